The molecule has 0 atom stereocenters. The van der Waals surface area contributed by atoms with E-state index >= 15 is 0 Å². The molecule has 2 aliphatic rings. The summed E-state index contributed by atoms with van der Waals surface area (Å²) >= 11 is 0. The third kappa shape index (κ3) is 2.49. The number of hydrogen-bond acceptors (Lipinski definition) is 3. The molecule has 1 aromatic carbocycles. The summed E-state index contributed by atoms with van der Waals surface area (Å²) in [7, 11) is 1.71. The molecular weight excluding hydrogens is 236 g/mol. The summed E-state index contributed by atoms with van der Waals surface area (Å²) in [6.07, 6.45) is 5.18. The lowest BCUT2D eigenvalue weighted by Gasteiger charge is -2.42. The molecule has 1 heterocycles. The van der Waals surface area contributed by atoms with Gasteiger partial charge in [0.15, 0.2) is 0 Å². The first kappa shape index (κ1) is 12.9. The van der Waals surface area contributed by atoms with Crippen LogP contribution in [0.25, 0.3) is 0 Å². The molecule has 1 saturated carbocycles. The molecule has 3 nitrogen and oxygen atoms in total. The highest BCUT2D eigenvalue weighted by atomic mass is 16.5. The van der Waals surface area contributed by atoms with Gasteiger partial charge in [0, 0.05) is 18.0 Å². The zero-order valence-electron chi connectivity index (χ0n) is 11.8. The number of likely N-dealkylation sites (tertiary alicyclic amines) is 1. The summed E-state index contributed by atoms with van der Waals surface area (Å²) in [6, 6.07) is 9.38. The van der Waals surface area contributed by atoms with E-state index in [1.165, 1.54) is 44.3 Å². The van der Waals surface area contributed by atoms with E-state index in [0.29, 0.717) is 0 Å². The van der Waals surface area contributed by atoms with E-state index in [-0.39, 0.29) is 5.41 Å². The topological polar surface area (TPSA) is 38.5 Å². The second kappa shape index (κ2) is 5.14. The first-order valence-electron chi connectivity index (χ1n) is 7.36. The van der Waals surface area contributed by atoms with Gasteiger partial charge in [-0.15, -0.1) is 0 Å². The van der Waals surface area contributed by atoms with Crippen molar-refractivity contribution in [1.82, 2.24) is 4.90 Å². The van der Waals surface area contributed by atoms with Gasteiger partial charge in [0.25, 0.3) is 0 Å². The number of ether oxygens (including phenoxy) is 1. The van der Waals surface area contributed by atoms with Crippen LogP contribution < -0.4 is 10.5 Å². The Morgan fingerprint density at radius 1 is 1.21 bits per heavy atom. The van der Waals surface area contributed by atoms with Crippen molar-refractivity contribution < 1.29 is 4.74 Å². The molecule has 1 saturated heterocycles. The van der Waals surface area contributed by atoms with Crippen molar-refractivity contribution in [3.63, 3.8) is 0 Å². The smallest absolute Gasteiger partial charge is 0.118 e. The van der Waals surface area contributed by atoms with E-state index in [4.69, 9.17) is 10.5 Å². The van der Waals surface area contributed by atoms with Gasteiger partial charge in [0.05, 0.1) is 7.11 Å². The highest BCUT2D eigenvalue weighted by Gasteiger charge is 2.39. The molecule has 0 aromatic heterocycles. The van der Waals surface area contributed by atoms with Gasteiger partial charge in [0.2, 0.25) is 0 Å². The van der Waals surface area contributed by atoms with Crippen LogP contribution in [0.3, 0.4) is 0 Å². The molecule has 3 heteroatoms. The lowest BCUT2D eigenvalue weighted by Crippen LogP contribution is -2.47. The van der Waals surface area contributed by atoms with Crippen LogP contribution in [0.1, 0.15) is 31.2 Å². The lowest BCUT2D eigenvalue weighted by atomic mass is 9.73. The number of benzene rings is 1. The Kier molecular flexibility index (Phi) is 3.50. The summed E-state index contributed by atoms with van der Waals surface area (Å²) < 4.78 is 5.24. The number of methoxy groups -OCH3 is 1. The van der Waals surface area contributed by atoms with Crippen molar-refractivity contribution in [1.29, 1.82) is 0 Å². The Hall–Kier alpha value is -1.06. The Labute approximate surface area is 115 Å². The highest BCUT2D eigenvalue weighted by Crippen LogP contribution is 2.38. The van der Waals surface area contributed by atoms with Crippen molar-refractivity contribution >= 4 is 0 Å². The predicted octanol–water partition coefficient (Wildman–Crippen LogP) is 2.15. The van der Waals surface area contributed by atoms with Crippen molar-refractivity contribution in [3.8, 4) is 5.75 Å². The van der Waals surface area contributed by atoms with E-state index in [0.717, 1.165) is 18.3 Å². The third-order valence-corrected chi connectivity index (χ3v) is 4.91. The zero-order chi connectivity index (χ0) is 13.3. The molecule has 0 unspecified atom stereocenters. The maximum Gasteiger partial charge on any atom is 0.118 e. The van der Waals surface area contributed by atoms with Gasteiger partial charge >= 0.3 is 0 Å². The molecule has 0 radical (unpaired) electrons. The highest BCUT2D eigenvalue weighted by molar-refractivity contribution is 5.33. The largest absolute Gasteiger partial charge is 0.497 e. The molecule has 19 heavy (non-hydrogen) atoms. The van der Waals surface area contributed by atoms with Gasteiger partial charge in [-0.1, -0.05) is 12.1 Å². The first-order valence-corrected chi connectivity index (χ1v) is 7.36. The Morgan fingerprint density at radius 3 is 2.32 bits per heavy atom. The van der Waals surface area contributed by atoms with E-state index in [1.54, 1.807) is 7.11 Å². The fourth-order valence-electron chi connectivity index (χ4n) is 3.31. The number of piperidine rings is 1. The molecule has 1 aliphatic heterocycles. The van der Waals surface area contributed by atoms with Crippen LogP contribution in [-0.4, -0.2) is 37.7 Å². The van der Waals surface area contributed by atoms with Gasteiger partial charge in [-0.3, -0.25) is 0 Å². The molecule has 0 bridgehead atoms. The SMILES string of the molecule is COc1ccc(C2(CN)CCN(C3CC3)CC2)cc1. The average Bonchev–Trinajstić information content (AvgIpc) is 3.32. The number of nitrogens with two attached hydrogens (primary N) is 1. The molecule has 104 valence electrons. The van der Waals surface area contributed by atoms with Crippen LogP contribution in [0.5, 0.6) is 5.75 Å². The van der Waals surface area contributed by atoms with Crippen LogP contribution in [0.15, 0.2) is 24.3 Å². The molecule has 1 aliphatic carbocycles. The Bertz CT molecular complexity index is 417. The van der Waals surface area contributed by atoms with Crippen molar-refractivity contribution in [3.05, 3.63) is 29.8 Å². The van der Waals surface area contributed by atoms with Crippen LogP contribution in [0.4, 0.5) is 0 Å². The monoisotopic (exact) mass is 260 g/mol. The van der Waals surface area contributed by atoms with Gasteiger partial charge in [-0.2, -0.15) is 0 Å². The Balaban J connectivity index is 1.74. The third-order valence-electron chi connectivity index (χ3n) is 4.91. The molecule has 1 aromatic rings. The second-order valence-electron chi connectivity index (χ2n) is 5.98. The van der Waals surface area contributed by atoms with E-state index in [9.17, 15) is 0 Å². The summed E-state index contributed by atoms with van der Waals surface area (Å²) in [4.78, 5) is 2.65. The summed E-state index contributed by atoms with van der Waals surface area (Å²) in [5.74, 6) is 0.923. The predicted molar refractivity (Wildman–Crippen MR) is 77.6 cm³/mol. The minimum Gasteiger partial charge on any atom is -0.497 e. The van der Waals surface area contributed by atoms with Crippen molar-refractivity contribution in [2.24, 2.45) is 5.73 Å². The van der Waals surface area contributed by atoms with Gasteiger partial charge in [0.1, 0.15) is 5.75 Å². The van der Waals surface area contributed by atoms with Gasteiger partial charge in [-0.25, -0.2) is 0 Å². The molecule has 0 spiro atoms. The maximum absolute atomic E-state index is 6.13. The fraction of sp³-hybridized carbons (Fsp3) is 0.625. The van der Waals surface area contributed by atoms with Crippen LogP contribution in [0.2, 0.25) is 0 Å². The van der Waals surface area contributed by atoms with Gasteiger partial charge in [-0.05, 0) is 56.5 Å². The standard InChI is InChI=1S/C16H24N2O/c1-19-15-6-2-13(3-7-15)16(12-17)8-10-18(11-9-16)14-4-5-14/h2-3,6-7,14H,4-5,8-12,17H2,1H3. The van der Waals surface area contributed by atoms with Crippen molar-refractivity contribution in [2.75, 3.05) is 26.7 Å². The van der Waals surface area contributed by atoms with Crippen LogP contribution in [0, 0.1) is 0 Å². The summed E-state index contributed by atoms with van der Waals surface area (Å²) in [5.41, 5.74) is 7.69. The number of rotatable bonds is 4. The Morgan fingerprint density at radius 2 is 1.84 bits per heavy atom. The minimum absolute atomic E-state index is 0.178. The van der Waals surface area contributed by atoms with E-state index < -0.39 is 0 Å². The molecule has 2 N–H and O–H groups in total. The van der Waals surface area contributed by atoms with Crippen LogP contribution in [-0.2, 0) is 5.41 Å². The van der Waals surface area contributed by atoms with Crippen LogP contribution >= 0.6 is 0 Å². The molecule has 2 fully saturated rings. The van der Waals surface area contributed by atoms with Crippen molar-refractivity contribution in [2.45, 2.75) is 37.1 Å². The van der Waals surface area contributed by atoms with Gasteiger partial charge < -0.3 is 15.4 Å². The summed E-state index contributed by atoms with van der Waals surface area (Å²) in [5, 5.41) is 0. The van der Waals surface area contributed by atoms with E-state index in [2.05, 4.69) is 29.2 Å². The molecule has 0 amide bonds. The minimum atomic E-state index is 0.178. The van der Waals surface area contributed by atoms with E-state index in [1.807, 2.05) is 0 Å². The first-order chi connectivity index (χ1) is 9.27. The molecular formula is C16H24N2O. The fourth-order valence-corrected chi connectivity index (χ4v) is 3.31. The number of hydrogen-bond donors (Lipinski definition) is 1. The zero-order valence-corrected chi connectivity index (χ0v) is 11.8. The maximum atomic E-state index is 6.13. The lowest BCUT2D eigenvalue weighted by molar-refractivity contribution is 0.155. The number of nitrogens with zero attached hydrogens (tertiary/aromatic N) is 1. The quantitative estimate of drug-likeness (QED) is 0.901. The normalized spacial score (nSPS) is 23.3. The summed E-state index contributed by atoms with van der Waals surface area (Å²) in [6.45, 7) is 3.15. The molecule has 3 rings (SSSR count). The average molecular weight is 260 g/mol. The second-order valence-corrected chi connectivity index (χ2v) is 5.98.